The number of nitriles is 1. The van der Waals surface area contributed by atoms with Crippen LogP contribution in [0.25, 0.3) is 0 Å². The lowest BCUT2D eigenvalue weighted by atomic mass is 10.1. The lowest BCUT2D eigenvalue weighted by molar-refractivity contribution is -0.139. The molecule has 0 saturated heterocycles. The highest BCUT2D eigenvalue weighted by Crippen LogP contribution is 2.31. The molecule has 0 aliphatic heterocycles. The standard InChI is InChI=1S/C13H11F3N2O3/c14-13(15,16)9-5-2-1-4-8(9)11(19)18-10(12(20)21)6-3-7-17/h1-2,4-5,10H,3,6H2,(H,18,19)(H,20,21)/t10-/m0/s1. The topological polar surface area (TPSA) is 90.2 Å². The molecule has 8 heteroatoms. The maximum absolute atomic E-state index is 12.8. The molecule has 0 radical (unpaired) electrons. The van der Waals surface area contributed by atoms with E-state index in [0.29, 0.717) is 0 Å². The third-order valence-corrected chi connectivity index (χ3v) is 2.63. The Morgan fingerprint density at radius 3 is 2.48 bits per heavy atom. The van der Waals surface area contributed by atoms with E-state index in [9.17, 15) is 22.8 Å². The summed E-state index contributed by atoms with van der Waals surface area (Å²) < 4.78 is 38.3. The van der Waals surface area contributed by atoms with Gasteiger partial charge in [0.1, 0.15) is 6.04 Å². The summed E-state index contributed by atoms with van der Waals surface area (Å²) in [5, 5.41) is 19.3. The van der Waals surface area contributed by atoms with Crippen molar-refractivity contribution in [2.45, 2.75) is 25.1 Å². The maximum Gasteiger partial charge on any atom is 0.417 e. The van der Waals surface area contributed by atoms with Gasteiger partial charge in [0, 0.05) is 6.42 Å². The number of carbonyl (C=O) groups is 2. The number of carbonyl (C=O) groups excluding carboxylic acids is 1. The summed E-state index contributed by atoms with van der Waals surface area (Å²) in [4.78, 5) is 22.7. The van der Waals surface area contributed by atoms with E-state index in [4.69, 9.17) is 10.4 Å². The summed E-state index contributed by atoms with van der Waals surface area (Å²) in [6.45, 7) is 0. The fraction of sp³-hybridized carbons (Fsp3) is 0.308. The zero-order valence-corrected chi connectivity index (χ0v) is 10.6. The van der Waals surface area contributed by atoms with Gasteiger partial charge in [0.15, 0.2) is 0 Å². The quantitative estimate of drug-likeness (QED) is 0.872. The molecule has 0 fully saturated rings. The number of nitrogens with zero attached hydrogens (tertiary/aromatic N) is 1. The molecule has 1 amide bonds. The van der Waals surface area contributed by atoms with E-state index in [1.165, 1.54) is 6.07 Å². The first-order valence-corrected chi connectivity index (χ1v) is 5.84. The summed E-state index contributed by atoms with van der Waals surface area (Å²) in [6, 6.07) is 4.36. The normalized spacial score (nSPS) is 12.3. The number of carboxylic acid groups (broad SMARTS) is 1. The fourth-order valence-corrected chi connectivity index (χ4v) is 1.63. The molecule has 0 bridgehead atoms. The van der Waals surface area contributed by atoms with Crippen molar-refractivity contribution in [3.63, 3.8) is 0 Å². The Morgan fingerprint density at radius 1 is 1.33 bits per heavy atom. The van der Waals surface area contributed by atoms with Crippen LogP contribution in [0.4, 0.5) is 13.2 Å². The van der Waals surface area contributed by atoms with E-state index in [2.05, 4.69) is 0 Å². The largest absolute Gasteiger partial charge is 0.480 e. The van der Waals surface area contributed by atoms with Crippen molar-refractivity contribution in [1.82, 2.24) is 5.32 Å². The first kappa shape index (κ1) is 16.5. The van der Waals surface area contributed by atoms with Crippen LogP contribution in [-0.4, -0.2) is 23.0 Å². The van der Waals surface area contributed by atoms with E-state index in [0.717, 1.165) is 18.2 Å². The van der Waals surface area contributed by atoms with Crippen LogP contribution < -0.4 is 5.32 Å². The SMILES string of the molecule is N#CCC[C@H](NC(=O)c1ccccc1C(F)(F)F)C(=O)O. The zero-order chi connectivity index (χ0) is 16.0. The molecule has 0 saturated carbocycles. The smallest absolute Gasteiger partial charge is 0.417 e. The van der Waals surface area contributed by atoms with Gasteiger partial charge in [-0.2, -0.15) is 18.4 Å². The second kappa shape index (κ2) is 6.74. The fourth-order valence-electron chi connectivity index (χ4n) is 1.63. The molecule has 0 heterocycles. The van der Waals surface area contributed by atoms with Crippen molar-refractivity contribution in [3.05, 3.63) is 35.4 Å². The molecule has 5 nitrogen and oxygen atoms in total. The van der Waals surface area contributed by atoms with E-state index in [-0.39, 0.29) is 12.8 Å². The number of carboxylic acids is 1. The van der Waals surface area contributed by atoms with Gasteiger partial charge in [-0.15, -0.1) is 0 Å². The van der Waals surface area contributed by atoms with Gasteiger partial charge < -0.3 is 10.4 Å². The number of alkyl halides is 3. The van der Waals surface area contributed by atoms with Gasteiger partial charge in [0.25, 0.3) is 5.91 Å². The summed E-state index contributed by atoms with van der Waals surface area (Å²) in [6.07, 6.45) is -5.05. The van der Waals surface area contributed by atoms with Gasteiger partial charge in [-0.1, -0.05) is 12.1 Å². The number of aliphatic carboxylic acids is 1. The van der Waals surface area contributed by atoms with Crippen LogP contribution in [0.2, 0.25) is 0 Å². The Hall–Kier alpha value is -2.56. The molecule has 2 N–H and O–H groups in total. The van der Waals surface area contributed by atoms with Gasteiger partial charge in [-0.25, -0.2) is 4.79 Å². The second-order valence-electron chi connectivity index (χ2n) is 4.10. The Morgan fingerprint density at radius 2 is 1.95 bits per heavy atom. The Labute approximate surface area is 118 Å². The van der Waals surface area contributed by atoms with Crippen molar-refractivity contribution >= 4 is 11.9 Å². The highest BCUT2D eigenvalue weighted by molar-refractivity contribution is 5.98. The van der Waals surface area contributed by atoms with Gasteiger partial charge in [0.05, 0.1) is 17.2 Å². The molecule has 0 aliphatic rings. The molecule has 0 aliphatic carbocycles. The summed E-state index contributed by atoms with van der Waals surface area (Å²) in [5.41, 5.74) is -1.81. The van der Waals surface area contributed by atoms with E-state index in [1.54, 1.807) is 6.07 Å². The Bertz CT molecular complexity index is 579. The first-order chi connectivity index (χ1) is 9.77. The highest BCUT2D eigenvalue weighted by atomic mass is 19.4. The number of hydrogen-bond acceptors (Lipinski definition) is 3. The van der Waals surface area contributed by atoms with E-state index >= 15 is 0 Å². The van der Waals surface area contributed by atoms with Crippen LogP contribution in [0.1, 0.15) is 28.8 Å². The molecule has 0 aromatic heterocycles. The first-order valence-electron chi connectivity index (χ1n) is 5.84. The molecular weight excluding hydrogens is 289 g/mol. The lowest BCUT2D eigenvalue weighted by Gasteiger charge is -2.16. The average molecular weight is 300 g/mol. The third kappa shape index (κ3) is 4.49. The summed E-state index contributed by atoms with van der Waals surface area (Å²) in [7, 11) is 0. The molecule has 0 spiro atoms. The van der Waals surface area contributed by atoms with Crippen LogP contribution in [0.15, 0.2) is 24.3 Å². The number of rotatable bonds is 5. The second-order valence-corrected chi connectivity index (χ2v) is 4.10. The predicted molar refractivity (Wildman–Crippen MR) is 65.2 cm³/mol. The summed E-state index contributed by atoms with van der Waals surface area (Å²) in [5.74, 6) is -2.56. The summed E-state index contributed by atoms with van der Waals surface area (Å²) >= 11 is 0. The lowest BCUT2D eigenvalue weighted by Crippen LogP contribution is -2.41. The van der Waals surface area contributed by atoms with E-state index in [1.807, 2.05) is 5.32 Å². The minimum absolute atomic E-state index is 0.141. The van der Waals surface area contributed by atoms with Crippen LogP contribution >= 0.6 is 0 Å². The van der Waals surface area contributed by atoms with Crippen LogP contribution in [0, 0.1) is 11.3 Å². The van der Waals surface area contributed by atoms with Crippen molar-refractivity contribution < 1.29 is 27.9 Å². The van der Waals surface area contributed by atoms with Crippen molar-refractivity contribution in [1.29, 1.82) is 5.26 Å². The van der Waals surface area contributed by atoms with Gasteiger partial charge in [0.2, 0.25) is 0 Å². The van der Waals surface area contributed by atoms with Gasteiger partial charge in [-0.3, -0.25) is 4.79 Å². The molecule has 1 atom stereocenters. The predicted octanol–water partition coefficient (Wildman–Crippen LogP) is 2.19. The van der Waals surface area contributed by atoms with Crippen LogP contribution in [-0.2, 0) is 11.0 Å². The molecule has 1 rings (SSSR count). The minimum Gasteiger partial charge on any atom is -0.480 e. The van der Waals surface area contributed by atoms with Crippen molar-refractivity contribution in [2.24, 2.45) is 0 Å². The molecule has 112 valence electrons. The molecule has 1 aromatic carbocycles. The Kier molecular flexibility index (Phi) is 5.30. The molecule has 21 heavy (non-hydrogen) atoms. The van der Waals surface area contributed by atoms with Gasteiger partial charge in [-0.05, 0) is 18.6 Å². The van der Waals surface area contributed by atoms with E-state index < -0.39 is 35.2 Å². The molecular formula is C13H11F3N2O3. The number of halogens is 3. The Balaban J connectivity index is 2.99. The zero-order valence-electron chi connectivity index (χ0n) is 10.6. The number of hydrogen-bond donors (Lipinski definition) is 2. The minimum atomic E-state index is -4.72. The molecule has 1 aromatic rings. The number of benzene rings is 1. The number of nitrogens with one attached hydrogen (secondary N) is 1. The van der Waals surface area contributed by atoms with Crippen LogP contribution in [0.3, 0.4) is 0 Å². The average Bonchev–Trinajstić information content (AvgIpc) is 2.42. The monoisotopic (exact) mass is 300 g/mol. The van der Waals surface area contributed by atoms with Crippen LogP contribution in [0.5, 0.6) is 0 Å². The number of amides is 1. The third-order valence-electron chi connectivity index (χ3n) is 2.63. The van der Waals surface area contributed by atoms with Gasteiger partial charge >= 0.3 is 12.1 Å². The van der Waals surface area contributed by atoms with Crippen molar-refractivity contribution in [3.8, 4) is 6.07 Å². The maximum atomic E-state index is 12.8. The van der Waals surface area contributed by atoms with Crippen molar-refractivity contribution in [2.75, 3.05) is 0 Å². The molecule has 0 unspecified atom stereocenters. The highest BCUT2D eigenvalue weighted by Gasteiger charge is 2.35.